The number of carbonyl (C=O) groups excluding carboxylic acids is 1. The van der Waals surface area contributed by atoms with E-state index in [9.17, 15) is 9.90 Å². The summed E-state index contributed by atoms with van der Waals surface area (Å²) >= 11 is 0. The molecule has 0 aromatic heterocycles. The minimum Gasteiger partial charge on any atom is -0.445 e. The van der Waals surface area contributed by atoms with Crippen LogP contribution in [0.25, 0.3) is 0 Å². The molecule has 21 heavy (non-hydrogen) atoms. The smallest absolute Gasteiger partial charge is 0.407 e. The minimum absolute atomic E-state index is 0.0907. The van der Waals surface area contributed by atoms with E-state index >= 15 is 0 Å². The van der Waals surface area contributed by atoms with E-state index in [1.165, 1.54) is 7.05 Å². The lowest BCUT2D eigenvalue weighted by molar-refractivity contribution is -0.0472. The topological polar surface area (TPSA) is 97.4 Å². The van der Waals surface area contributed by atoms with Gasteiger partial charge < -0.3 is 15.2 Å². The number of nitrogens with one attached hydrogen (secondary N) is 1. The van der Waals surface area contributed by atoms with Gasteiger partial charge in [-0.1, -0.05) is 30.3 Å². The normalized spacial score (nSPS) is 23.4. The molecule has 1 aromatic carbocycles. The van der Waals surface area contributed by atoms with Crippen molar-refractivity contribution < 1.29 is 14.6 Å². The van der Waals surface area contributed by atoms with Crippen molar-refractivity contribution in [1.29, 1.82) is 0 Å². The first kappa shape index (κ1) is 15.2. The van der Waals surface area contributed by atoms with Gasteiger partial charge in [-0.05, 0) is 18.4 Å². The third kappa shape index (κ3) is 4.66. The van der Waals surface area contributed by atoms with Gasteiger partial charge >= 0.3 is 6.09 Å². The second kappa shape index (κ2) is 6.97. The van der Waals surface area contributed by atoms with E-state index in [0.29, 0.717) is 12.8 Å². The van der Waals surface area contributed by atoms with Crippen molar-refractivity contribution in [1.82, 2.24) is 10.2 Å². The summed E-state index contributed by atoms with van der Waals surface area (Å²) in [7, 11) is 1.52. The van der Waals surface area contributed by atoms with Crippen LogP contribution in [-0.2, 0) is 11.3 Å². The van der Waals surface area contributed by atoms with Crippen LogP contribution in [-0.4, -0.2) is 36.4 Å². The van der Waals surface area contributed by atoms with Gasteiger partial charge in [-0.3, -0.25) is 0 Å². The van der Waals surface area contributed by atoms with Crippen molar-refractivity contribution >= 4 is 6.09 Å². The van der Waals surface area contributed by atoms with Crippen LogP contribution < -0.4 is 10.2 Å². The molecule has 1 fully saturated rings. The molecular weight excluding hydrogens is 272 g/mol. The average Bonchev–Trinajstić information content (AvgIpc) is 2.45. The Morgan fingerprint density at radius 2 is 2.19 bits per heavy atom. The van der Waals surface area contributed by atoms with Crippen LogP contribution in [0.4, 0.5) is 4.79 Å². The molecule has 0 saturated heterocycles. The molecule has 7 nitrogen and oxygen atoms in total. The van der Waals surface area contributed by atoms with Crippen LogP contribution in [0.15, 0.2) is 40.6 Å². The van der Waals surface area contributed by atoms with Gasteiger partial charge in [0, 0.05) is 6.04 Å². The number of rotatable bonds is 5. The van der Waals surface area contributed by atoms with Gasteiger partial charge in [0.1, 0.15) is 23.9 Å². The highest BCUT2D eigenvalue weighted by Gasteiger charge is 2.44. The monoisotopic (exact) mass is 291 g/mol. The Kier molecular flexibility index (Phi) is 5.03. The molecule has 1 aliphatic rings. The third-order valence-electron chi connectivity index (χ3n) is 3.31. The number of hydrogen-bond acceptors (Lipinski definition) is 5. The van der Waals surface area contributed by atoms with E-state index in [-0.39, 0.29) is 19.2 Å². The van der Waals surface area contributed by atoms with Crippen molar-refractivity contribution in [3.63, 3.8) is 0 Å². The quantitative estimate of drug-likeness (QED) is 0.634. The largest absolute Gasteiger partial charge is 0.445 e. The molecule has 0 unspecified atom stereocenters. The molecule has 1 aliphatic carbocycles. The SMILES string of the molecule is CN=[N+]=NC[C@]1(O)C[C@H](NC(=O)OCc2ccccc2)C1. The van der Waals surface area contributed by atoms with Gasteiger partial charge in [0.15, 0.2) is 6.54 Å². The minimum atomic E-state index is -0.897. The molecule has 112 valence electrons. The summed E-state index contributed by atoms with van der Waals surface area (Å²) in [5, 5.41) is 20.0. The van der Waals surface area contributed by atoms with Crippen LogP contribution in [0.3, 0.4) is 0 Å². The van der Waals surface area contributed by atoms with Crippen LogP contribution in [0.5, 0.6) is 0 Å². The van der Waals surface area contributed by atoms with E-state index in [2.05, 4.69) is 20.5 Å². The van der Waals surface area contributed by atoms with Crippen LogP contribution >= 0.6 is 0 Å². The second-order valence-corrected chi connectivity index (χ2v) is 5.12. The number of aliphatic hydroxyl groups is 1. The van der Waals surface area contributed by atoms with E-state index in [1.54, 1.807) is 0 Å². The number of benzene rings is 1. The van der Waals surface area contributed by atoms with Crippen molar-refractivity contribution in [2.45, 2.75) is 31.1 Å². The first-order valence-corrected chi connectivity index (χ1v) is 6.76. The molecule has 2 N–H and O–H groups in total. The second-order valence-electron chi connectivity index (χ2n) is 5.12. The molecule has 0 radical (unpaired) electrons. The molecule has 0 aliphatic heterocycles. The van der Waals surface area contributed by atoms with Gasteiger partial charge in [-0.2, -0.15) is 0 Å². The predicted molar refractivity (Wildman–Crippen MR) is 75.5 cm³/mol. The molecule has 0 spiro atoms. The zero-order valence-electron chi connectivity index (χ0n) is 11.9. The first-order valence-electron chi connectivity index (χ1n) is 6.76. The zero-order valence-corrected chi connectivity index (χ0v) is 11.9. The summed E-state index contributed by atoms with van der Waals surface area (Å²) in [6.45, 7) is 0.428. The number of carbonyl (C=O) groups is 1. The lowest BCUT2D eigenvalue weighted by Crippen LogP contribution is -2.56. The Bertz CT molecular complexity index is 534. The molecule has 0 heterocycles. The fourth-order valence-electron chi connectivity index (χ4n) is 2.25. The summed E-state index contributed by atoms with van der Waals surface area (Å²) in [5.74, 6) is 0. The molecule has 2 rings (SSSR count). The molecule has 7 heteroatoms. The highest BCUT2D eigenvalue weighted by Crippen LogP contribution is 2.32. The Labute approximate surface area is 122 Å². The maximum atomic E-state index is 11.6. The number of amides is 1. The van der Waals surface area contributed by atoms with Gasteiger partial charge in [0.05, 0.1) is 5.60 Å². The molecule has 0 atom stereocenters. The number of hydrogen-bond donors (Lipinski definition) is 2. The number of alkyl carbamates (subject to hydrolysis) is 1. The fourth-order valence-corrected chi connectivity index (χ4v) is 2.25. The maximum absolute atomic E-state index is 11.6. The van der Waals surface area contributed by atoms with Crippen molar-refractivity contribution in [2.75, 3.05) is 13.6 Å². The summed E-state index contributed by atoms with van der Waals surface area (Å²) in [6.07, 6.45) is 0.405. The van der Waals surface area contributed by atoms with Crippen LogP contribution in [0.1, 0.15) is 18.4 Å². The molecule has 0 bridgehead atoms. The van der Waals surface area contributed by atoms with Crippen LogP contribution in [0, 0.1) is 0 Å². The summed E-state index contributed by atoms with van der Waals surface area (Å²) in [6, 6.07) is 9.37. The molecule has 1 amide bonds. The van der Waals surface area contributed by atoms with E-state index in [1.807, 2.05) is 30.3 Å². The van der Waals surface area contributed by atoms with E-state index < -0.39 is 11.7 Å². The lowest BCUT2D eigenvalue weighted by atomic mass is 9.76. The zero-order chi connectivity index (χ0) is 15.1. The van der Waals surface area contributed by atoms with Crippen molar-refractivity contribution in [2.24, 2.45) is 10.2 Å². The van der Waals surface area contributed by atoms with E-state index in [4.69, 9.17) is 4.74 Å². The Hall–Kier alpha value is -2.24. The third-order valence-corrected chi connectivity index (χ3v) is 3.31. The average molecular weight is 291 g/mol. The number of ether oxygens (including phenoxy) is 1. The van der Waals surface area contributed by atoms with Crippen LogP contribution in [0.2, 0.25) is 0 Å². The highest BCUT2D eigenvalue weighted by atomic mass is 16.5. The molecular formula is C14H19N4O3+. The Morgan fingerprint density at radius 1 is 1.48 bits per heavy atom. The van der Waals surface area contributed by atoms with Gasteiger partial charge in [-0.15, -0.1) is 0 Å². The summed E-state index contributed by atoms with van der Waals surface area (Å²) in [5.41, 5.74) is 0.0347. The fraction of sp³-hybridized carbons (Fsp3) is 0.500. The lowest BCUT2D eigenvalue weighted by Gasteiger charge is -2.41. The van der Waals surface area contributed by atoms with Gasteiger partial charge in [-0.25, -0.2) is 4.79 Å². The van der Waals surface area contributed by atoms with Gasteiger partial charge in [0.2, 0.25) is 4.91 Å². The van der Waals surface area contributed by atoms with E-state index in [0.717, 1.165) is 5.56 Å². The Morgan fingerprint density at radius 3 is 2.86 bits per heavy atom. The van der Waals surface area contributed by atoms with Crippen molar-refractivity contribution in [3.05, 3.63) is 35.9 Å². The van der Waals surface area contributed by atoms with Crippen molar-refractivity contribution in [3.8, 4) is 0 Å². The first-order chi connectivity index (χ1) is 10.1. The maximum Gasteiger partial charge on any atom is 0.407 e. The molecule has 1 aromatic rings. The summed E-state index contributed by atoms with van der Waals surface area (Å²) in [4.78, 5) is 15.1. The number of nitrogens with zero attached hydrogens (tertiary/aromatic N) is 3. The highest BCUT2D eigenvalue weighted by molar-refractivity contribution is 5.67. The Balaban J connectivity index is 1.67. The standard InChI is InChI=1S/C14H18N4O3/c1-15-18-16-10-14(20)7-12(8-14)17-13(19)21-9-11-5-3-2-4-6-11/h2-6,12,20H,7-10H2,1H3/p+1/t12-,14-. The molecule has 1 saturated carbocycles. The predicted octanol–water partition coefficient (Wildman–Crippen LogP) is 1.41. The van der Waals surface area contributed by atoms with Gasteiger partial charge in [0.25, 0.3) is 0 Å². The summed E-state index contributed by atoms with van der Waals surface area (Å²) < 4.78 is 5.11.